The number of hydrogen-bond acceptors (Lipinski definition) is 2. The van der Waals surface area contributed by atoms with Crippen molar-refractivity contribution in [2.75, 3.05) is 0 Å². The number of benzene rings is 1. The third-order valence-corrected chi connectivity index (χ3v) is 6.22. The lowest BCUT2D eigenvalue weighted by Crippen LogP contribution is -2.15. The molecule has 0 aliphatic carbocycles. The molecule has 0 saturated heterocycles. The maximum absolute atomic E-state index is 11.9. The van der Waals surface area contributed by atoms with Crippen LogP contribution in [0.2, 0.25) is 0 Å². The van der Waals surface area contributed by atoms with Gasteiger partial charge in [-0.05, 0) is 42.4 Å². The molecule has 0 aliphatic heterocycles. The molecule has 0 saturated carbocycles. The number of hydrogen-bond donors (Lipinski definition) is 2. The Kier molecular flexibility index (Phi) is 13.1. The fourth-order valence-electron chi connectivity index (χ4n) is 4.18. The molecule has 1 aromatic carbocycles. The molecule has 0 radical (unpaired) electrons. The van der Waals surface area contributed by atoms with Crippen molar-refractivity contribution in [1.82, 2.24) is 0 Å². The predicted octanol–water partition coefficient (Wildman–Crippen LogP) is 7.84. The van der Waals surface area contributed by atoms with E-state index in [-0.39, 0.29) is 17.0 Å². The molecule has 0 aliphatic rings. The average Bonchev–Trinajstić information content (AvgIpc) is 2.73. The van der Waals surface area contributed by atoms with Gasteiger partial charge in [0.15, 0.2) is 0 Å². The highest BCUT2D eigenvalue weighted by Gasteiger charge is 2.24. The Labute approximate surface area is 183 Å². The molecule has 0 fully saturated rings. The van der Waals surface area contributed by atoms with Crippen LogP contribution in [-0.4, -0.2) is 22.2 Å². The van der Waals surface area contributed by atoms with E-state index in [1.807, 2.05) is 6.07 Å². The highest BCUT2D eigenvalue weighted by atomic mass is 16.4. The van der Waals surface area contributed by atoms with Crippen LogP contribution in [0.25, 0.3) is 0 Å². The van der Waals surface area contributed by atoms with Crippen LogP contribution in [0.1, 0.15) is 142 Å². The van der Waals surface area contributed by atoms with Crippen LogP contribution in [0, 0.1) is 0 Å². The molecule has 0 aromatic heterocycles. The third-order valence-electron chi connectivity index (χ3n) is 6.22. The van der Waals surface area contributed by atoms with Crippen LogP contribution in [0.15, 0.2) is 12.1 Å². The first-order valence-corrected chi connectivity index (χ1v) is 12.1. The molecule has 1 aromatic rings. The molecular formula is C26H42O4. The Bertz CT molecular complexity index is 651. The molecular weight excluding hydrogens is 376 g/mol. The fraction of sp³-hybridized carbons (Fsp3) is 0.692. The van der Waals surface area contributed by atoms with E-state index < -0.39 is 11.9 Å². The van der Waals surface area contributed by atoms with Crippen LogP contribution in [0.4, 0.5) is 0 Å². The summed E-state index contributed by atoms with van der Waals surface area (Å²) in [4.78, 5) is 23.4. The molecule has 30 heavy (non-hydrogen) atoms. The van der Waals surface area contributed by atoms with Gasteiger partial charge in [-0.25, -0.2) is 9.59 Å². The standard InChI is InChI=1S/C26H42O4/c1-4-6-7-8-9-10-11-12-13-14-15-16-17-22-21(20(3)5-2)18-19-23(25(27)28)24(22)26(29)30/h18-20H,4-17H2,1-3H3,(H,27,28)(H,29,30). The van der Waals surface area contributed by atoms with Crippen molar-refractivity contribution in [1.29, 1.82) is 0 Å². The summed E-state index contributed by atoms with van der Waals surface area (Å²) >= 11 is 0. The van der Waals surface area contributed by atoms with Crippen LogP contribution in [0.5, 0.6) is 0 Å². The summed E-state index contributed by atoms with van der Waals surface area (Å²) in [5, 5.41) is 19.1. The van der Waals surface area contributed by atoms with E-state index in [4.69, 9.17) is 0 Å². The van der Waals surface area contributed by atoms with Gasteiger partial charge in [-0.15, -0.1) is 0 Å². The molecule has 0 amide bonds. The molecule has 1 unspecified atom stereocenters. The third kappa shape index (κ3) is 8.89. The van der Waals surface area contributed by atoms with Gasteiger partial charge in [0.2, 0.25) is 0 Å². The number of carbonyl (C=O) groups is 2. The van der Waals surface area contributed by atoms with Crippen molar-refractivity contribution in [3.05, 3.63) is 34.4 Å². The predicted molar refractivity (Wildman–Crippen MR) is 124 cm³/mol. The topological polar surface area (TPSA) is 74.6 Å². The second kappa shape index (κ2) is 15.0. The lowest BCUT2D eigenvalue weighted by atomic mass is 9.85. The molecule has 4 nitrogen and oxygen atoms in total. The van der Waals surface area contributed by atoms with Gasteiger partial charge in [0, 0.05) is 0 Å². The largest absolute Gasteiger partial charge is 0.478 e. The van der Waals surface area contributed by atoms with Crippen molar-refractivity contribution in [3.8, 4) is 0 Å². The van der Waals surface area contributed by atoms with Crippen molar-refractivity contribution in [2.45, 2.75) is 117 Å². The Morgan fingerprint density at radius 2 is 1.27 bits per heavy atom. The summed E-state index contributed by atoms with van der Waals surface area (Å²) in [5.74, 6) is -2.08. The van der Waals surface area contributed by atoms with E-state index in [9.17, 15) is 19.8 Å². The van der Waals surface area contributed by atoms with Gasteiger partial charge < -0.3 is 10.2 Å². The zero-order valence-electron chi connectivity index (χ0n) is 19.3. The molecule has 0 bridgehead atoms. The number of carboxylic acids is 2. The molecule has 1 atom stereocenters. The van der Waals surface area contributed by atoms with Crippen molar-refractivity contribution in [2.24, 2.45) is 0 Å². The quantitative estimate of drug-likeness (QED) is 0.253. The Balaban J connectivity index is 2.53. The summed E-state index contributed by atoms with van der Waals surface area (Å²) in [7, 11) is 0. The van der Waals surface area contributed by atoms with E-state index in [1.54, 1.807) is 0 Å². The smallest absolute Gasteiger partial charge is 0.336 e. The molecule has 4 heteroatoms. The SMILES string of the molecule is CCCCCCCCCCCCCCc1c(C(C)CC)ccc(C(=O)O)c1C(=O)O. The van der Waals surface area contributed by atoms with Crippen molar-refractivity contribution >= 4 is 11.9 Å². The zero-order chi connectivity index (χ0) is 22.4. The number of aromatic carboxylic acids is 2. The average molecular weight is 419 g/mol. The molecule has 0 heterocycles. The molecule has 0 spiro atoms. The second-order valence-corrected chi connectivity index (χ2v) is 8.61. The van der Waals surface area contributed by atoms with Crippen LogP contribution < -0.4 is 0 Å². The lowest BCUT2D eigenvalue weighted by Gasteiger charge is -2.19. The number of carboxylic acid groups (broad SMARTS) is 2. The van der Waals surface area contributed by atoms with Gasteiger partial charge >= 0.3 is 11.9 Å². The fourth-order valence-corrected chi connectivity index (χ4v) is 4.18. The molecule has 170 valence electrons. The molecule has 2 N–H and O–H groups in total. The maximum Gasteiger partial charge on any atom is 0.336 e. The Hall–Kier alpha value is -1.84. The zero-order valence-corrected chi connectivity index (χ0v) is 19.3. The summed E-state index contributed by atoms with van der Waals surface area (Å²) in [5.41, 5.74) is 1.61. The Morgan fingerprint density at radius 1 is 0.767 bits per heavy atom. The highest BCUT2D eigenvalue weighted by molar-refractivity contribution is 6.03. The van der Waals surface area contributed by atoms with E-state index in [2.05, 4.69) is 20.8 Å². The van der Waals surface area contributed by atoms with Gasteiger partial charge in [-0.3, -0.25) is 0 Å². The minimum absolute atomic E-state index is 0.0108. The lowest BCUT2D eigenvalue weighted by molar-refractivity contribution is 0.0650. The minimum Gasteiger partial charge on any atom is -0.478 e. The highest BCUT2D eigenvalue weighted by Crippen LogP contribution is 2.29. The first kappa shape index (κ1) is 26.2. The summed E-state index contributed by atoms with van der Waals surface area (Å²) in [6.45, 7) is 6.40. The van der Waals surface area contributed by atoms with Gasteiger partial charge in [-0.1, -0.05) is 97.5 Å². The summed E-state index contributed by atoms with van der Waals surface area (Å²) in [6, 6.07) is 3.28. The monoisotopic (exact) mass is 418 g/mol. The van der Waals surface area contributed by atoms with Crippen LogP contribution in [-0.2, 0) is 6.42 Å². The normalized spacial score (nSPS) is 12.1. The van der Waals surface area contributed by atoms with Crippen LogP contribution >= 0.6 is 0 Å². The summed E-state index contributed by atoms with van der Waals surface area (Å²) < 4.78 is 0. The van der Waals surface area contributed by atoms with Crippen molar-refractivity contribution in [3.63, 3.8) is 0 Å². The molecule has 1 rings (SSSR count). The number of rotatable bonds is 17. The minimum atomic E-state index is -1.17. The first-order chi connectivity index (χ1) is 14.4. The van der Waals surface area contributed by atoms with E-state index in [1.165, 1.54) is 63.9 Å². The van der Waals surface area contributed by atoms with Crippen LogP contribution in [0.3, 0.4) is 0 Å². The summed E-state index contributed by atoms with van der Waals surface area (Å²) in [6.07, 6.45) is 16.6. The van der Waals surface area contributed by atoms with E-state index in [0.717, 1.165) is 36.8 Å². The van der Waals surface area contributed by atoms with E-state index in [0.29, 0.717) is 6.42 Å². The first-order valence-electron chi connectivity index (χ1n) is 12.1. The van der Waals surface area contributed by atoms with Gasteiger partial charge in [0.25, 0.3) is 0 Å². The number of unbranched alkanes of at least 4 members (excludes halogenated alkanes) is 11. The van der Waals surface area contributed by atoms with Gasteiger partial charge in [-0.2, -0.15) is 0 Å². The van der Waals surface area contributed by atoms with Crippen molar-refractivity contribution < 1.29 is 19.8 Å². The van der Waals surface area contributed by atoms with E-state index >= 15 is 0 Å². The van der Waals surface area contributed by atoms with Gasteiger partial charge in [0.1, 0.15) is 0 Å². The second-order valence-electron chi connectivity index (χ2n) is 8.61. The maximum atomic E-state index is 11.9. The van der Waals surface area contributed by atoms with Gasteiger partial charge in [0.05, 0.1) is 11.1 Å². The Morgan fingerprint density at radius 3 is 1.70 bits per heavy atom.